The number of carbonyl (C=O) groups is 2. The van der Waals surface area contributed by atoms with E-state index in [1.54, 1.807) is 4.90 Å². The van der Waals surface area contributed by atoms with Crippen LogP contribution in [-0.4, -0.2) is 29.3 Å². The van der Waals surface area contributed by atoms with Crippen molar-refractivity contribution in [1.82, 2.24) is 10.2 Å². The van der Waals surface area contributed by atoms with Crippen molar-refractivity contribution >= 4 is 11.8 Å². The molecule has 4 nitrogen and oxygen atoms in total. The van der Waals surface area contributed by atoms with Gasteiger partial charge >= 0.3 is 0 Å². The molecule has 0 bridgehead atoms. The number of nitrogens with zero attached hydrogens (tertiary/aromatic N) is 1. The lowest BCUT2D eigenvalue weighted by molar-refractivity contribution is -0.140. The summed E-state index contributed by atoms with van der Waals surface area (Å²) in [6, 6.07) is 23.6. The van der Waals surface area contributed by atoms with Crippen LogP contribution in [0, 0.1) is 20.8 Å². The van der Waals surface area contributed by atoms with E-state index >= 15 is 0 Å². The van der Waals surface area contributed by atoms with E-state index in [0.717, 1.165) is 39.8 Å². The highest BCUT2D eigenvalue weighted by molar-refractivity contribution is 5.88. The van der Waals surface area contributed by atoms with E-state index in [2.05, 4.69) is 23.5 Å². The van der Waals surface area contributed by atoms with Gasteiger partial charge in [-0.1, -0.05) is 90.8 Å². The molecule has 0 heterocycles. The van der Waals surface area contributed by atoms with Crippen LogP contribution in [0.3, 0.4) is 0 Å². The summed E-state index contributed by atoms with van der Waals surface area (Å²) in [4.78, 5) is 29.0. The van der Waals surface area contributed by atoms with Crippen LogP contribution in [0.5, 0.6) is 0 Å². The van der Waals surface area contributed by atoms with Crippen molar-refractivity contribution in [3.63, 3.8) is 0 Å². The Morgan fingerprint density at radius 3 is 2.15 bits per heavy atom. The number of aryl methyl sites for hydroxylation is 3. The molecule has 0 aliphatic carbocycles. The molecular weight excluding hydrogens is 420 g/mol. The minimum Gasteiger partial charge on any atom is -0.354 e. The summed E-state index contributed by atoms with van der Waals surface area (Å²) in [5, 5.41) is 3.04. The van der Waals surface area contributed by atoms with Gasteiger partial charge in [0.1, 0.15) is 6.04 Å². The van der Waals surface area contributed by atoms with Gasteiger partial charge in [-0.25, -0.2) is 0 Å². The summed E-state index contributed by atoms with van der Waals surface area (Å²) in [5.41, 5.74) is 6.44. The van der Waals surface area contributed by atoms with Crippen molar-refractivity contribution in [2.45, 2.75) is 59.5 Å². The first-order valence-corrected chi connectivity index (χ1v) is 12.1. The number of hydrogen-bond acceptors (Lipinski definition) is 2. The quantitative estimate of drug-likeness (QED) is 0.449. The summed E-state index contributed by atoms with van der Waals surface area (Å²) < 4.78 is 0. The van der Waals surface area contributed by atoms with Crippen LogP contribution in [0.4, 0.5) is 0 Å². The maximum absolute atomic E-state index is 13.8. The summed E-state index contributed by atoms with van der Waals surface area (Å²) in [5.74, 6) is -0.145. The third kappa shape index (κ3) is 7.05. The van der Waals surface area contributed by atoms with Crippen LogP contribution in [0.1, 0.15) is 46.7 Å². The van der Waals surface area contributed by atoms with Gasteiger partial charge in [0.05, 0.1) is 6.42 Å². The van der Waals surface area contributed by atoms with Gasteiger partial charge in [0.25, 0.3) is 0 Å². The van der Waals surface area contributed by atoms with Gasteiger partial charge in [-0.2, -0.15) is 0 Å². The Morgan fingerprint density at radius 2 is 1.50 bits per heavy atom. The predicted molar refractivity (Wildman–Crippen MR) is 139 cm³/mol. The lowest BCUT2D eigenvalue weighted by atomic mass is 9.99. The Hall–Kier alpha value is -3.40. The molecule has 34 heavy (non-hydrogen) atoms. The number of amides is 2. The third-order valence-corrected chi connectivity index (χ3v) is 6.06. The SMILES string of the molecule is CCCNC(=O)[C@@H](Cc1ccccc1)N(Cc1ccccc1C)C(=O)Cc1cc(C)cc(C)c1. The standard InChI is InChI=1S/C30H36N2O2/c1-5-15-31-30(34)28(19-25-12-7-6-8-13-25)32(21-27-14-10-9-11-24(27)4)29(33)20-26-17-22(2)16-23(3)18-26/h6-14,16-18,28H,5,15,19-21H2,1-4H3,(H,31,34)/t28-/m1/s1. The molecule has 0 saturated heterocycles. The van der Waals surface area contributed by atoms with Crippen LogP contribution in [0.2, 0.25) is 0 Å². The third-order valence-electron chi connectivity index (χ3n) is 6.06. The molecule has 178 valence electrons. The predicted octanol–water partition coefficient (Wildman–Crippen LogP) is 5.32. The van der Waals surface area contributed by atoms with Gasteiger partial charge in [0.15, 0.2) is 0 Å². The van der Waals surface area contributed by atoms with Gasteiger partial charge < -0.3 is 10.2 Å². The first kappa shape index (κ1) is 25.2. The van der Waals surface area contributed by atoms with Gasteiger partial charge in [-0.05, 0) is 49.4 Å². The van der Waals surface area contributed by atoms with Crippen molar-refractivity contribution in [2.24, 2.45) is 0 Å². The highest BCUT2D eigenvalue weighted by atomic mass is 16.2. The molecule has 3 aromatic rings. The van der Waals surface area contributed by atoms with E-state index in [-0.39, 0.29) is 18.2 Å². The zero-order valence-electron chi connectivity index (χ0n) is 20.8. The molecule has 0 unspecified atom stereocenters. The Morgan fingerprint density at radius 1 is 0.853 bits per heavy atom. The molecule has 0 aliphatic heterocycles. The molecule has 0 fully saturated rings. The van der Waals surface area contributed by atoms with E-state index in [4.69, 9.17) is 0 Å². The van der Waals surface area contributed by atoms with Gasteiger partial charge in [0.2, 0.25) is 11.8 Å². The number of carbonyl (C=O) groups excluding carboxylic acids is 2. The van der Waals surface area contributed by atoms with E-state index in [1.165, 1.54) is 0 Å². The maximum Gasteiger partial charge on any atom is 0.243 e. The van der Waals surface area contributed by atoms with Crippen LogP contribution >= 0.6 is 0 Å². The maximum atomic E-state index is 13.8. The average molecular weight is 457 g/mol. The van der Waals surface area contributed by atoms with E-state index in [1.807, 2.05) is 82.3 Å². The second kappa shape index (κ2) is 12.2. The van der Waals surface area contributed by atoms with Crippen LogP contribution < -0.4 is 5.32 Å². The second-order valence-electron chi connectivity index (χ2n) is 9.12. The van der Waals surface area contributed by atoms with Crippen LogP contribution in [0.25, 0.3) is 0 Å². The Kier molecular flexibility index (Phi) is 9.03. The van der Waals surface area contributed by atoms with Gasteiger partial charge in [-0.3, -0.25) is 9.59 Å². The molecule has 3 aromatic carbocycles. The van der Waals surface area contributed by atoms with Crippen molar-refractivity contribution in [3.05, 3.63) is 106 Å². The topological polar surface area (TPSA) is 49.4 Å². The Balaban J connectivity index is 1.98. The number of hydrogen-bond donors (Lipinski definition) is 1. The minimum atomic E-state index is -0.591. The highest BCUT2D eigenvalue weighted by Crippen LogP contribution is 2.19. The average Bonchev–Trinajstić information content (AvgIpc) is 2.80. The molecule has 3 rings (SSSR count). The lowest BCUT2D eigenvalue weighted by Gasteiger charge is -2.32. The molecule has 0 radical (unpaired) electrons. The fraction of sp³-hybridized carbons (Fsp3) is 0.333. The summed E-state index contributed by atoms with van der Waals surface area (Å²) in [7, 11) is 0. The summed E-state index contributed by atoms with van der Waals surface area (Å²) in [6.45, 7) is 9.15. The Bertz CT molecular complexity index is 1090. The second-order valence-corrected chi connectivity index (χ2v) is 9.12. The van der Waals surface area contributed by atoms with Crippen molar-refractivity contribution in [1.29, 1.82) is 0 Å². The minimum absolute atomic E-state index is 0.0409. The normalized spacial score (nSPS) is 11.6. The highest BCUT2D eigenvalue weighted by Gasteiger charge is 2.30. The van der Waals surface area contributed by atoms with Gasteiger partial charge in [-0.15, -0.1) is 0 Å². The first-order valence-electron chi connectivity index (χ1n) is 12.1. The van der Waals surface area contributed by atoms with E-state index in [0.29, 0.717) is 19.5 Å². The summed E-state index contributed by atoms with van der Waals surface area (Å²) >= 11 is 0. The molecule has 1 N–H and O–H groups in total. The molecule has 0 aliphatic rings. The van der Waals surface area contributed by atoms with Crippen molar-refractivity contribution in [3.8, 4) is 0 Å². The monoisotopic (exact) mass is 456 g/mol. The zero-order valence-corrected chi connectivity index (χ0v) is 20.8. The molecular formula is C30H36N2O2. The molecule has 0 aromatic heterocycles. The van der Waals surface area contributed by atoms with E-state index < -0.39 is 6.04 Å². The molecule has 0 spiro atoms. The molecule has 2 amide bonds. The largest absolute Gasteiger partial charge is 0.354 e. The molecule has 1 atom stereocenters. The Labute approximate surface area is 204 Å². The molecule has 4 heteroatoms. The van der Waals surface area contributed by atoms with Crippen LogP contribution in [0.15, 0.2) is 72.8 Å². The summed E-state index contributed by atoms with van der Waals surface area (Å²) in [6.07, 6.45) is 1.58. The number of benzene rings is 3. The fourth-order valence-electron chi connectivity index (χ4n) is 4.34. The number of rotatable bonds is 10. The lowest BCUT2D eigenvalue weighted by Crippen LogP contribution is -2.51. The molecule has 0 saturated carbocycles. The first-order chi connectivity index (χ1) is 16.4. The number of nitrogens with one attached hydrogen (secondary N) is 1. The smallest absolute Gasteiger partial charge is 0.243 e. The van der Waals surface area contributed by atoms with Crippen LogP contribution in [-0.2, 0) is 29.0 Å². The van der Waals surface area contributed by atoms with Crippen molar-refractivity contribution in [2.75, 3.05) is 6.54 Å². The van der Waals surface area contributed by atoms with Gasteiger partial charge in [0, 0.05) is 19.5 Å². The zero-order chi connectivity index (χ0) is 24.5. The van der Waals surface area contributed by atoms with Crippen molar-refractivity contribution < 1.29 is 9.59 Å². The van der Waals surface area contributed by atoms with E-state index in [9.17, 15) is 9.59 Å². The fourth-order valence-corrected chi connectivity index (χ4v) is 4.34.